The van der Waals surface area contributed by atoms with Crippen LogP contribution in [0.25, 0.3) is 0 Å². The number of halogens is 7. The number of alkyl halides is 7. The van der Waals surface area contributed by atoms with E-state index >= 15 is 0 Å². The second-order valence-corrected chi connectivity index (χ2v) is 9.22. The zero-order valence-corrected chi connectivity index (χ0v) is 14.2. The Kier molecular flexibility index (Phi) is 6.02. The summed E-state index contributed by atoms with van der Waals surface area (Å²) >= 11 is 0. The van der Waals surface area contributed by atoms with Crippen LogP contribution in [0.15, 0.2) is 30.3 Å². The highest BCUT2D eigenvalue weighted by atomic mass is 32.3. The van der Waals surface area contributed by atoms with Crippen molar-refractivity contribution in [2.45, 2.75) is 16.0 Å². The Morgan fingerprint density at radius 3 is 1.69 bits per heavy atom. The first kappa shape index (κ1) is 22.6. The van der Waals surface area contributed by atoms with Gasteiger partial charge in [-0.25, -0.2) is 21.0 Å². The Bertz CT molecular complexity index is 884. The Morgan fingerprint density at radius 2 is 1.27 bits per heavy atom. The maximum Gasteiger partial charge on any atom is 0.512 e. The van der Waals surface area contributed by atoms with Crippen molar-refractivity contribution >= 4 is 36.7 Å². The molecule has 0 aromatic heterocycles. The molecule has 150 valence electrons. The molecule has 1 atom stereocenters. The van der Waals surface area contributed by atoms with Crippen LogP contribution < -0.4 is 8.85 Å². The third-order valence-corrected chi connectivity index (χ3v) is 6.99. The topological polar surface area (TPSA) is 109 Å². The molecule has 0 aliphatic heterocycles. The van der Waals surface area contributed by atoms with E-state index in [1.165, 1.54) is 22.9 Å². The standard InChI is InChI=1S/C9H7F7N2O5S3/c10-7(11,24(19)17-6-4-2-1-3-5-6)8(12,13)25(20,21)18-26(22,23)9(14,15)16/h1-5,17-18H. The molecule has 0 aliphatic rings. The summed E-state index contributed by atoms with van der Waals surface area (Å²) in [7, 11) is -18.3. The van der Waals surface area contributed by atoms with Gasteiger partial charge in [0.1, 0.15) is 0 Å². The van der Waals surface area contributed by atoms with E-state index in [0.717, 1.165) is 12.1 Å². The minimum absolute atomic E-state index is 0.422. The zero-order chi connectivity index (χ0) is 20.6. The van der Waals surface area contributed by atoms with Gasteiger partial charge in [0.2, 0.25) is 0 Å². The molecule has 0 radical (unpaired) electrons. The molecule has 7 nitrogen and oxygen atoms in total. The van der Waals surface area contributed by atoms with Crippen LogP contribution in [0.1, 0.15) is 0 Å². The maximum absolute atomic E-state index is 13.6. The Labute approximate surface area is 144 Å². The summed E-state index contributed by atoms with van der Waals surface area (Å²) in [6, 6.07) is 5.71. The fourth-order valence-electron chi connectivity index (χ4n) is 1.19. The van der Waals surface area contributed by atoms with Gasteiger partial charge in [0.15, 0.2) is 11.0 Å². The smallest absolute Gasteiger partial charge is 0.300 e. The van der Waals surface area contributed by atoms with Crippen molar-refractivity contribution in [1.29, 1.82) is 0 Å². The molecule has 0 saturated heterocycles. The van der Waals surface area contributed by atoms with Gasteiger partial charge in [-0.3, -0.25) is 4.72 Å². The van der Waals surface area contributed by atoms with Crippen molar-refractivity contribution in [2.75, 3.05) is 4.72 Å². The van der Waals surface area contributed by atoms with Gasteiger partial charge in [0.05, 0.1) is 0 Å². The van der Waals surface area contributed by atoms with Gasteiger partial charge >= 0.3 is 26.0 Å². The molecule has 0 heterocycles. The molecule has 1 rings (SSSR count). The van der Waals surface area contributed by atoms with E-state index in [1.54, 1.807) is 0 Å². The minimum Gasteiger partial charge on any atom is -0.300 e. The number of hydrogen-bond donors (Lipinski definition) is 2. The molecule has 26 heavy (non-hydrogen) atoms. The zero-order valence-electron chi connectivity index (χ0n) is 11.8. The highest BCUT2D eigenvalue weighted by Gasteiger charge is 2.71. The number of para-hydroxylation sites is 1. The molecule has 1 aromatic rings. The molecule has 1 unspecified atom stereocenters. The number of anilines is 1. The van der Waals surface area contributed by atoms with Crippen molar-refractivity contribution in [1.82, 2.24) is 4.13 Å². The number of benzene rings is 1. The predicted molar refractivity (Wildman–Crippen MR) is 75.1 cm³/mol. The first-order valence-corrected chi connectivity index (χ1v) is 9.91. The molecule has 0 bridgehead atoms. The van der Waals surface area contributed by atoms with Gasteiger partial charge < -0.3 is 0 Å². The monoisotopic (exact) mass is 452 g/mol. The molecule has 17 heteroatoms. The molecular formula is C9H7F7N2O5S3. The lowest BCUT2D eigenvalue weighted by atomic mass is 10.3. The molecule has 0 saturated carbocycles. The first-order valence-electron chi connectivity index (χ1n) is 5.79. The fraction of sp³-hybridized carbons (Fsp3) is 0.333. The molecule has 0 aliphatic carbocycles. The van der Waals surface area contributed by atoms with Crippen LogP contribution in [0, 0.1) is 0 Å². The number of rotatable bonds is 7. The average Bonchev–Trinajstić information content (AvgIpc) is 2.45. The molecule has 0 fully saturated rings. The van der Waals surface area contributed by atoms with Gasteiger partial charge in [-0.15, -0.1) is 0 Å². The van der Waals surface area contributed by atoms with Crippen LogP contribution >= 0.6 is 0 Å². The van der Waals surface area contributed by atoms with Crippen LogP contribution in [0.3, 0.4) is 0 Å². The highest BCUT2D eigenvalue weighted by molar-refractivity contribution is 8.06. The third-order valence-electron chi connectivity index (χ3n) is 2.42. The summed E-state index contributed by atoms with van der Waals surface area (Å²) in [6.45, 7) is 0. The van der Waals surface area contributed by atoms with Crippen molar-refractivity contribution in [3.05, 3.63) is 30.3 Å². The SMILES string of the molecule is O=S(Nc1ccccc1)C(F)(F)C(F)(F)S(=O)(=O)NS(=O)(=O)C(F)(F)F. The molecule has 0 spiro atoms. The van der Waals surface area contributed by atoms with Gasteiger partial charge in [-0.05, 0) is 12.1 Å². The quantitative estimate of drug-likeness (QED) is 0.613. The number of sulfonamides is 2. The summed E-state index contributed by atoms with van der Waals surface area (Å²) in [5.41, 5.74) is -6.80. The fourth-order valence-corrected chi connectivity index (χ4v) is 4.70. The van der Waals surface area contributed by atoms with E-state index in [0.29, 0.717) is 0 Å². The van der Waals surface area contributed by atoms with Crippen LogP contribution in [-0.2, 0) is 31.0 Å². The lowest BCUT2D eigenvalue weighted by Crippen LogP contribution is -2.57. The summed E-state index contributed by atoms with van der Waals surface area (Å²) < 4.78 is 146. The Morgan fingerprint density at radius 1 is 0.808 bits per heavy atom. The van der Waals surface area contributed by atoms with E-state index in [4.69, 9.17) is 0 Å². The van der Waals surface area contributed by atoms with E-state index in [2.05, 4.69) is 0 Å². The summed E-state index contributed by atoms with van der Waals surface area (Å²) in [5.74, 6) is 0. The summed E-state index contributed by atoms with van der Waals surface area (Å²) in [4.78, 5) is 0. The van der Waals surface area contributed by atoms with E-state index in [1.807, 2.05) is 0 Å². The second kappa shape index (κ2) is 6.93. The Balaban J connectivity index is 3.22. The van der Waals surface area contributed by atoms with Crippen molar-refractivity contribution < 1.29 is 51.8 Å². The molecule has 0 amide bonds. The van der Waals surface area contributed by atoms with E-state index < -0.39 is 56.9 Å². The maximum atomic E-state index is 13.6. The normalized spacial score (nSPS) is 15.5. The lowest BCUT2D eigenvalue weighted by Gasteiger charge is -2.25. The Hall–Kier alpha value is -1.46. The number of nitrogens with one attached hydrogen (secondary N) is 2. The number of hydrogen-bond acceptors (Lipinski definition) is 5. The van der Waals surface area contributed by atoms with Gasteiger partial charge in [0, 0.05) is 5.69 Å². The minimum atomic E-state index is -7.17. The van der Waals surface area contributed by atoms with Crippen molar-refractivity contribution in [3.8, 4) is 0 Å². The van der Waals surface area contributed by atoms with Gasteiger partial charge in [-0.2, -0.15) is 30.7 Å². The lowest BCUT2D eigenvalue weighted by molar-refractivity contribution is -0.0937. The van der Waals surface area contributed by atoms with E-state index in [9.17, 15) is 51.8 Å². The molecule has 1 aromatic carbocycles. The first-order chi connectivity index (χ1) is 11.5. The third kappa shape index (κ3) is 4.26. The molecule has 2 N–H and O–H groups in total. The van der Waals surface area contributed by atoms with Gasteiger partial charge in [0.25, 0.3) is 10.0 Å². The van der Waals surface area contributed by atoms with Crippen molar-refractivity contribution in [3.63, 3.8) is 0 Å². The molecular weight excluding hydrogens is 445 g/mol. The highest BCUT2D eigenvalue weighted by Crippen LogP contribution is 2.41. The van der Waals surface area contributed by atoms with Crippen LogP contribution in [0.5, 0.6) is 0 Å². The summed E-state index contributed by atoms with van der Waals surface area (Å²) in [5, 5.41) is -12.5. The van der Waals surface area contributed by atoms with E-state index in [-0.39, 0.29) is 0 Å². The predicted octanol–water partition coefficient (Wildman–Crippen LogP) is 1.72. The summed E-state index contributed by atoms with van der Waals surface area (Å²) in [6.07, 6.45) is 0. The average molecular weight is 452 g/mol. The van der Waals surface area contributed by atoms with Gasteiger partial charge in [-0.1, -0.05) is 22.3 Å². The van der Waals surface area contributed by atoms with Crippen LogP contribution in [0.2, 0.25) is 0 Å². The van der Waals surface area contributed by atoms with Crippen molar-refractivity contribution in [2.24, 2.45) is 0 Å². The van der Waals surface area contributed by atoms with Crippen LogP contribution in [-0.4, -0.2) is 37.1 Å². The van der Waals surface area contributed by atoms with Crippen LogP contribution in [0.4, 0.5) is 36.4 Å². The largest absolute Gasteiger partial charge is 0.512 e. The second-order valence-electron chi connectivity index (χ2n) is 4.31.